The second-order valence-electron chi connectivity index (χ2n) is 4.79. The lowest BCUT2D eigenvalue weighted by Gasteiger charge is -2.14. The highest BCUT2D eigenvalue weighted by Crippen LogP contribution is 2.37. The van der Waals surface area contributed by atoms with Gasteiger partial charge in [-0.3, -0.25) is 0 Å². The largest absolute Gasteiger partial charge is 0.490 e. The summed E-state index contributed by atoms with van der Waals surface area (Å²) >= 11 is 6.31. The molecule has 0 bridgehead atoms. The molecule has 21 heavy (non-hydrogen) atoms. The highest BCUT2D eigenvalue weighted by atomic mass is 35.5. The van der Waals surface area contributed by atoms with Gasteiger partial charge in [-0.1, -0.05) is 12.1 Å². The van der Waals surface area contributed by atoms with Crippen LogP contribution in [0, 0.1) is 11.6 Å². The number of fused-ring (bicyclic) bond motifs is 1. The highest BCUT2D eigenvalue weighted by molar-refractivity contribution is 6.22. The Morgan fingerprint density at radius 1 is 0.952 bits per heavy atom. The minimum atomic E-state index is -0.720. The molecular formula is C16H13ClF2O2. The van der Waals surface area contributed by atoms with Gasteiger partial charge in [0.15, 0.2) is 11.5 Å². The molecule has 2 aromatic carbocycles. The third-order valence-electron chi connectivity index (χ3n) is 3.30. The van der Waals surface area contributed by atoms with Gasteiger partial charge < -0.3 is 9.47 Å². The minimum absolute atomic E-state index is 0.229. The molecular weight excluding hydrogens is 298 g/mol. The SMILES string of the molecule is Fc1ccc(C(Cl)c2ccc3c(c2)OCCCO3)c(F)c1. The molecule has 0 fully saturated rings. The molecule has 0 saturated heterocycles. The maximum Gasteiger partial charge on any atom is 0.161 e. The van der Waals surface area contributed by atoms with Gasteiger partial charge in [-0.05, 0) is 23.8 Å². The molecule has 1 atom stereocenters. The second-order valence-corrected chi connectivity index (χ2v) is 5.22. The van der Waals surface area contributed by atoms with Crippen molar-refractivity contribution in [2.24, 2.45) is 0 Å². The predicted octanol–water partition coefficient (Wildman–Crippen LogP) is 4.45. The Bertz CT molecular complexity index is 661. The fourth-order valence-electron chi connectivity index (χ4n) is 2.22. The van der Waals surface area contributed by atoms with Crippen molar-refractivity contribution in [2.45, 2.75) is 11.8 Å². The van der Waals surface area contributed by atoms with Crippen LogP contribution in [0.4, 0.5) is 8.78 Å². The van der Waals surface area contributed by atoms with Crippen molar-refractivity contribution in [2.75, 3.05) is 13.2 Å². The van der Waals surface area contributed by atoms with Crippen LogP contribution >= 0.6 is 11.6 Å². The number of rotatable bonds is 2. The quantitative estimate of drug-likeness (QED) is 0.763. The molecule has 0 radical (unpaired) electrons. The lowest BCUT2D eigenvalue weighted by atomic mass is 10.0. The van der Waals surface area contributed by atoms with E-state index in [2.05, 4.69) is 0 Å². The summed E-state index contributed by atoms with van der Waals surface area (Å²) in [5.74, 6) is -0.0428. The fourth-order valence-corrected chi connectivity index (χ4v) is 2.54. The molecule has 1 heterocycles. The summed E-state index contributed by atoms with van der Waals surface area (Å²) in [4.78, 5) is 0. The van der Waals surface area contributed by atoms with Gasteiger partial charge in [0.25, 0.3) is 0 Å². The maximum absolute atomic E-state index is 13.8. The average Bonchev–Trinajstić information content (AvgIpc) is 2.71. The number of benzene rings is 2. The van der Waals surface area contributed by atoms with Crippen LogP contribution in [-0.4, -0.2) is 13.2 Å². The Morgan fingerprint density at radius 2 is 1.71 bits per heavy atom. The monoisotopic (exact) mass is 310 g/mol. The Morgan fingerprint density at radius 3 is 2.48 bits per heavy atom. The molecule has 0 saturated carbocycles. The first kappa shape index (κ1) is 14.1. The van der Waals surface area contributed by atoms with E-state index < -0.39 is 17.0 Å². The van der Waals surface area contributed by atoms with Crippen molar-refractivity contribution in [3.8, 4) is 11.5 Å². The Labute approximate surface area is 126 Å². The molecule has 3 rings (SSSR count). The summed E-state index contributed by atoms with van der Waals surface area (Å²) in [6, 6.07) is 8.62. The van der Waals surface area contributed by atoms with E-state index in [0.717, 1.165) is 12.5 Å². The van der Waals surface area contributed by atoms with Gasteiger partial charge in [0, 0.05) is 18.1 Å². The van der Waals surface area contributed by atoms with Crippen molar-refractivity contribution < 1.29 is 18.3 Å². The number of hydrogen-bond acceptors (Lipinski definition) is 2. The number of halogens is 3. The Balaban J connectivity index is 1.94. The molecule has 0 spiro atoms. The summed E-state index contributed by atoms with van der Waals surface area (Å²) in [6.07, 6.45) is 0.806. The third-order valence-corrected chi connectivity index (χ3v) is 3.79. The molecule has 0 N–H and O–H groups in total. The zero-order valence-electron chi connectivity index (χ0n) is 11.1. The molecule has 0 aliphatic carbocycles. The van der Waals surface area contributed by atoms with E-state index >= 15 is 0 Å². The Kier molecular flexibility index (Phi) is 3.97. The van der Waals surface area contributed by atoms with E-state index in [0.29, 0.717) is 30.3 Å². The van der Waals surface area contributed by atoms with Gasteiger partial charge in [0.2, 0.25) is 0 Å². The molecule has 2 nitrogen and oxygen atoms in total. The number of ether oxygens (including phenoxy) is 2. The first-order chi connectivity index (χ1) is 10.1. The van der Waals surface area contributed by atoms with Gasteiger partial charge in [0.1, 0.15) is 11.6 Å². The van der Waals surface area contributed by atoms with Gasteiger partial charge in [-0.2, -0.15) is 0 Å². The standard InChI is InChI=1S/C16H13ClF2O2/c17-16(12-4-3-11(18)9-13(12)19)10-2-5-14-15(8-10)21-7-1-6-20-14/h2-5,8-9,16H,1,6-7H2. The number of hydrogen-bond donors (Lipinski definition) is 0. The lowest BCUT2D eigenvalue weighted by molar-refractivity contribution is 0.297. The van der Waals surface area contributed by atoms with E-state index in [1.807, 2.05) is 0 Å². The number of alkyl halides is 1. The van der Waals surface area contributed by atoms with Crippen LogP contribution in [0.15, 0.2) is 36.4 Å². The average molecular weight is 311 g/mol. The zero-order valence-corrected chi connectivity index (χ0v) is 11.9. The summed E-state index contributed by atoms with van der Waals surface area (Å²) in [5.41, 5.74) is 0.902. The van der Waals surface area contributed by atoms with Gasteiger partial charge in [-0.25, -0.2) is 8.78 Å². The zero-order chi connectivity index (χ0) is 14.8. The van der Waals surface area contributed by atoms with Crippen molar-refractivity contribution in [3.63, 3.8) is 0 Å². The van der Waals surface area contributed by atoms with E-state index in [1.165, 1.54) is 12.1 Å². The van der Waals surface area contributed by atoms with E-state index in [9.17, 15) is 8.78 Å². The molecule has 5 heteroatoms. The van der Waals surface area contributed by atoms with Crippen LogP contribution in [-0.2, 0) is 0 Å². The van der Waals surface area contributed by atoms with Crippen LogP contribution in [0.2, 0.25) is 0 Å². The van der Waals surface area contributed by atoms with Crippen LogP contribution in [0.1, 0.15) is 22.9 Å². The third kappa shape index (κ3) is 2.95. The van der Waals surface area contributed by atoms with Gasteiger partial charge >= 0.3 is 0 Å². The Hall–Kier alpha value is -1.81. The van der Waals surface area contributed by atoms with Gasteiger partial charge in [0.05, 0.1) is 18.6 Å². The molecule has 1 unspecified atom stereocenters. The topological polar surface area (TPSA) is 18.5 Å². The first-order valence-corrected chi connectivity index (χ1v) is 7.07. The predicted molar refractivity (Wildman–Crippen MR) is 76.1 cm³/mol. The molecule has 1 aliphatic heterocycles. The van der Waals surface area contributed by atoms with E-state index in [1.54, 1.807) is 18.2 Å². The smallest absolute Gasteiger partial charge is 0.161 e. The maximum atomic E-state index is 13.8. The van der Waals surface area contributed by atoms with Crippen molar-refractivity contribution in [3.05, 3.63) is 59.2 Å². The summed E-state index contributed by atoms with van der Waals surface area (Å²) in [5, 5.41) is -0.720. The van der Waals surface area contributed by atoms with E-state index in [4.69, 9.17) is 21.1 Å². The first-order valence-electron chi connectivity index (χ1n) is 6.64. The van der Waals surface area contributed by atoms with Gasteiger partial charge in [-0.15, -0.1) is 11.6 Å². The molecule has 110 valence electrons. The van der Waals surface area contributed by atoms with Crippen LogP contribution in [0.25, 0.3) is 0 Å². The minimum Gasteiger partial charge on any atom is -0.490 e. The van der Waals surface area contributed by atoms with Crippen molar-refractivity contribution in [1.82, 2.24) is 0 Å². The van der Waals surface area contributed by atoms with Crippen LogP contribution in [0.5, 0.6) is 11.5 Å². The summed E-state index contributed by atoms with van der Waals surface area (Å²) in [7, 11) is 0. The molecule has 2 aromatic rings. The lowest BCUT2D eigenvalue weighted by Crippen LogP contribution is -1.99. The highest BCUT2D eigenvalue weighted by Gasteiger charge is 2.19. The second kappa shape index (κ2) is 5.90. The normalized spacial score (nSPS) is 15.4. The van der Waals surface area contributed by atoms with Crippen molar-refractivity contribution >= 4 is 11.6 Å². The molecule has 0 aromatic heterocycles. The fraction of sp³-hybridized carbons (Fsp3) is 0.250. The van der Waals surface area contributed by atoms with Crippen LogP contribution < -0.4 is 9.47 Å². The van der Waals surface area contributed by atoms with E-state index in [-0.39, 0.29) is 5.56 Å². The summed E-state index contributed by atoms with van der Waals surface area (Å²) in [6.45, 7) is 1.16. The summed E-state index contributed by atoms with van der Waals surface area (Å²) < 4.78 is 37.9. The van der Waals surface area contributed by atoms with Crippen LogP contribution in [0.3, 0.4) is 0 Å². The molecule has 0 amide bonds. The molecule has 1 aliphatic rings. The van der Waals surface area contributed by atoms with Crippen molar-refractivity contribution in [1.29, 1.82) is 0 Å².